The van der Waals surface area contributed by atoms with E-state index in [-0.39, 0.29) is 49.2 Å². The summed E-state index contributed by atoms with van der Waals surface area (Å²) < 4.78 is 37.8. The summed E-state index contributed by atoms with van der Waals surface area (Å²) in [6.45, 7) is 4.04. The quantitative estimate of drug-likeness (QED) is 0.370. The van der Waals surface area contributed by atoms with Gasteiger partial charge in [0.25, 0.3) is 11.8 Å². The molecule has 1 aromatic heterocycles. The second kappa shape index (κ2) is 12.0. The highest BCUT2D eigenvalue weighted by molar-refractivity contribution is 7.71. The number of amides is 2. The molecule has 1 aromatic carbocycles. The number of nitrogens with one attached hydrogen (secondary N) is 1. The van der Waals surface area contributed by atoms with Crippen LogP contribution in [0.15, 0.2) is 41.7 Å². The SMILES string of the molecule is COC1=CCC2C(=C1)[C@H](O)[C@@](O)(C(=O)N1C[C@@H](C)O[C@@H](C)C1)Cn1c2c(C2CCCCC2)c2ccc(C(=O)N[SH](=O)=O)cc21. The standard InChI is InChI=1S/C32H41N3O8S/c1-18-15-34(16-19(2)43-18)31(38)32(39)17-35-26-13-21(30(37)33-44(40)41)9-11-24(26)27(20-7-5-4-6-8-20)28(35)23-12-10-22(42-3)14-25(23)29(32)36/h9-11,13-14,18-20,23,29,36,39,44H,4-8,12,15-17H2,1-3H3,(H,33,37,40,41)/t18-,19+,23?,29-,32+/m0/s1. The van der Waals surface area contributed by atoms with Gasteiger partial charge in [-0.25, -0.2) is 8.42 Å². The summed E-state index contributed by atoms with van der Waals surface area (Å²) in [7, 11) is -1.60. The Kier molecular flexibility index (Phi) is 8.38. The van der Waals surface area contributed by atoms with Crippen LogP contribution in [0, 0.1) is 0 Å². The second-order valence-electron chi connectivity index (χ2n) is 12.7. The molecule has 238 valence electrons. The Morgan fingerprint density at radius 3 is 2.48 bits per heavy atom. The lowest BCUT2D eigenvalue weighted by Crippen LogP contribution is -2.62. The van der Waals surface area contributed by atoms with Gasteiger partial charge in [-0.2, -0.15) is 0 Å². The van der Waals surface area contributed by atoms with E-state index < -0.39 is 34.4 Å². The summed E-state index contributed by atoms with van der Waals surface area (Å²) in [5.74, 6) is -0.946. The molecule has 2 fully saturated rings. The number of nitrogens with zero attached hydrogens (tertiary/aromatic N) is 2. The summed E-state index contributed by atoms with van der Waals surface area (Å²) in [5.41, 5.74) is 1.03. The van der Waals surface area contributed by atoms with Gasteiger partial charge in [-0.3, -0.25) is 14.3 Å². The largest absolute Gasteiger partial charge is 0.497 e. The Bertz CT molecular complexity index is 1600. The van der Waals surface area contributed by atoms with Gasteiger partial charge in [-0.05, 0) is 74.4 Å². The van der Waals surface area contributed by atoms with Gasteiger partial charge in [-0.1, -0.05) is 25.3 Å². The Hall–Kier alpha value is -3.19. The van der Waals surface area contributed by atoms with Gasteiger partial charge in [0, 0.05) is 41.2 Å². The molecule has 2 aliphatic carbocycles. The number of carbonyl (C=O) groups excluding carboxylic acids is 2. The maximum atomic E-state index is 14.3. The minimum absolute atomic E-state index is 0.142. The zero-order valence-corrected chi connectivity index (χ0v) is 26.2. The number of hydrogen-bond donors (Lipinski definition) is 4. The predicted octanol–water partition coefficient (Wildman–Crippen LogP) is 2.63. The zero-order valence-electron chi connectivity index (χ0n) is 25.3. The molecule has 12 heteroatoms. The fraction of sp³-hybridized carbons (Fsp3) is 0.562. The van der Waals surface area contributed by atoms with Crippen LogP contribution in [0.5, 0.6) is 0 Å². The van der Waals surface area contributed by atoms with E-state index in [0.717, 1.165) is 48.7 Å². The molecule has 2 aliphatic heterocycles. The van der Waals surface area contributed by atoms with Crippen molar-refractivity contribution in [2.24, 2.45) is 0 Å². The smallest absolute Gasteiger partial charge is 0.264 e. The molecule has 11 nitrogen and oxygen atoms in total. The van der Waals surface area contributed by atoms with Crippen molar-refractivity contribution in [1.29, 1.82) is 0 Å². The minimum Gasteiger partial charge on any atom is -0.497 e. The molecule has 3 N–H and O–H groups in total. The van der Waals surface area contributed by atoms with Gasteiger partial charge in [0.2, 0.25) is 10.9 Å². The molecule has 1 saturated heterocycles. The van der Waals surface area contributed by atoms with E-state index >= 15 is 0 Å². The summed E-state index contributed by atoms with van der Waals surface area (Å²) in [5, 5.41) is 25.4. The van der Waals surface area contributed by atoms with Crippen LogP contribution in [-0.4, -0.2) is 84.0 Å². The molecule has 4 aliphatic rings. The fourth-order valence-corrected chi connectivity index (χ4v) is 8.13. The van der Waals surface area contributed by atoms with Crippen LogP contribution in [0.1, 0.15) is 85.8 Å². The van der Waals surface area contributed by atoms with Gasteiger partial charge in [0.1, 0.15) is 11.9 Å². The van der Waals surface area contributed by atoms with Crippen molar-refractivity contribution in [3.63, 3.8) is 0 Å². The normalized spacial score (nSPS) is 29.4. The summed E-state index contributed by atoms with van der Waals surface area (Å²) in [4.78, 5) is 28.7. The first-order valence-electron chi connectivity index (χ1n) is 15.4. The number of aromatic nitrogens is 1. The lowest BCUT2D eigenvalue weighted by molar-refractivity contribution is -0.173. The first-order chi connectivity index (χ1) is 21.0. The number of methoxy groups -OCH3 is 1. The molecule has 0 radical (unpaired) electrons. The van der Waals surface area contributed by atoms with Crippen molar-refractivity contribution in [1.82, 2.24) is 14.2 Å². The lowest BCUT2D eigenvalue weighted by atomic mass is 9.75. The van der Waals surface area contributed by atoms with Crippen molar-refractivity contribution in [2.45, 2.75) is 94.7 Å². The molecular weight excluding hydrogens is 586 g/mol. The third-order valence-corrected chi connectivity index (χ3v) is 10.1. The maximum Gasteiger partial charge on any atom is 0.264 e. The Labute approximate surface area is 258 Å². The molecule has 0 spiro atoms. The van der Waals surface area contributed by atoms with Crippen LogP contribution in [0.3, 0.4) is 0 Å². The first kappa shape index (κ1) is 30.8. The Morgan fingerprint density at radius 1 is 1.11 bits per heavy atom. The van der Waals surface area contributed by atoms with E-state index in [1.165, 1.54) is 0 Å². The van der Waals surface area contributed by atoms with Gasteiger partial charge < -0.3 is 29.2 Å². The summed E-state index contributed by atoms with van der Waals surface area (Å²) in [6, 6.07) is 5.09. The molecule has 44 heavy (non-hydrogen) atoms. The van der Waals surface area contributed by atoms with Gasteiger partial charge in [-0.15, -0.1) is 0 Å². The maximum absolute atomic E-state index is 14.3. The number of thiol groups is 1. The van der Waals surface area contributed by atoms with E-state index in [0.29, 0.717) is 23.3 Å². The van der Waals surface area contributed by atoms with E-state index in [1.807, 2.05) is 35.3 Å². The molecule has 1 unspecified atom stereocenters. The van der Waals surface area contributed by atoms with Crippen molar-refractivity contribution >= 4 is 33.6 Å². The highest BCUT2D eigenvalue weighted by Gasteiger charge is 2.53. The number of fused-ring (bicyclic) bond motifs is 5. The number of aliphatic hydroxyl groups excluding tert-OH is 1. The van der Waals surface area contributed by atoms with Gasteiger partial charge >= 0.3 is 0 Å². The Balaban J connectivity index is 1.59. The number of benzene rings is 1. The summed E-state index contributed by atoms with van der Waals surface area (Å²) >= 11 is 0. The molecule has 2 amide bonds. The minimum atomic E-state index is -3.15. The van der Waals surface area contributed by atoms with Crippen molar-refractivity contribution < 1.29 is 37.7 Å². The molecule has 0 bridgehead atoms. The van der Waals surface area contributed by atoms with Gasteiger partial charge in [0.15, 0.2) is 5.60 Å². The monoisotopic (exact) mass is 627 g/mol. The van der Waals surface area contributed by atoms with E-state index in [4.69, 9.17) is 9.47 Å². The number of morpholine rings is 1. The number of rotatable bonds is 5. The number of aliphatic hydroxyl groups is 2. The predicted molar refractivity (Wildman–Crippen MR) is 164 cm³/mol. The average molecular weight is 628 g/mol. The molecule has 1 saturated carbocycles. The van der Waals surface area contributed by atoms with E-state index in [2.05, 4.69) is 0 Å². The van der Waals surface area contributed by atoms with Crippen LogP contribution in [0.2, 0.25) is 0 Å². The molecule has 6 rings (SSSR count). The zero-order chi connectivity index (χ0) is 31.3. The van der Waals surface area contributed by atoms with E-state index in [1.54, 1.807) is 30.2 Å². The Morgan fingerprint density at radius 2 is 1.82 bits per heavy atom. The molecular formula is C32H41N3O8S. The van der Waals surface area contributed by atoms with Crippen LogP contribution < -0.4 is 4.72 Å². The number of ether oxygens (including phenoxy) is 2. The van der Waals surface area contributed by atoms with Crippen LogP contribution in [0.25, 0.3) is 10.9 Å². The molecule has 3 heterocycles. The molecule has 5 atom stereocenters. The second-order valence-corrected chi connectivity index (χ2v) is 13.4. The lowest BCUT2D eigenvalue weighted by Gasteiger charge is -2.41. The third kappa shape index (κ3) is 5.35. The number of carbonyl (C=O) groups is 2. The topological polar surface area (TPSA) is 147 Å². The van der Waals surface area contributed by atoms with Gasteiger partial charge in [0.05, 0.1) is 25.9 Å². The third-order valence-electron chi connectivity index (χ3n) is 9.69. The summed E-state index contributed by atoms with van der Waals surface area (Å²) in [6.07, 6.45) is 7.43. The fourth-order valence-electron chi connectivity index (χ4n) is 7.83. The van der Waals surface area contributed by atoms with Crippen molar-refractivity contribution in [3.05, 3.63) is 58.5 Å². The average Bonchev–Trinajstić information content (AvgIpc) is 3.27. The van der Waals surface area contributed by atoms with Crippen molar-refractivity contribution in [2.75, 3.05) is 20.2 Å². The molecule has 2 aromatic rings. The van der Waals surface area contributed by atoms with E-state index in [9.17, 15) is 28.2 Å². The van der Waals surface area contributed by atoms with Crippen molar-refractivity contribution in [3.8, 4) is 0 Å². The highest BCUT2D eigenvalue weighted by Crippen LogP contribution is 2.50. The number of hydrogen-bond acceptors (Lipinski definition) is 8. The van der Waals surface area contributed by atoms with Crippen LogP contribution >= 0.6 is 0 Å². The number of allylic oxidation sites excluding steroid dienone is 2. The first-order valence-corrected chi connectivity index (χ1v) is 16.6. The highest BCUT2D eigenvalue weighted by atomic mass is 32.2. The van der Waals surface area contributed by atoms with Crippen LogP contribution in [-0.2, 0) is 31.7 Å². The van der Waals surface area contributed by atoms with Crippen LogP contribution in [0.4, 0.5) is 0 Å².